The second kappa shape index (κ2) is 6.85. The van der Waals surface area contributed by atoms with Gasteiger partial charge in [-0.15, -0.1) is 0 Å². The third-order valence-corrected chi connectivity index (χ3v) is 4.38. The summed E-state index contributed by atoms with van der Waals surface area (Å²) in [6.45, 7) is 12.0. The van der Waals surface area contributed by atoms with Crippen molar-refractivity contribution in [2.75, 3.05) is 39.3 Å². The van der Waals surface area contributed by atoms with Gasteiger partial charge in [-0.05, 0) is 12.3 Å². The fraction of sp³-hybridized carbons (Fsp3) is 0.867. The van der Waals surface area contributed by atoms with Crippen LogP contribution in [0, 0.1) is 5.92 Å². The number of hydrogen-bond acceptors (Lipinski definition) is 6. The Morgan fingerprint density at radius 3 is 2.86 bits per heavy atom. The van der Waals surface area contributed by atoms with E-state index in [0.717, 1.165) is 50.9 Å². The van der Waals surface area contributed by atoms with Gasteiger partial charge >= 0.3 is 0 Å². The molecule has 6 heteroatoms. The average Bonchev–Trinajstić information content (AvgIpc) is 3.09. The summed E-state index contributed by atoms with van der Waals surface area (Å²) in [5.41, 5.74) is 0. The van der Waals surface area contributed by atoms with Gasteiger partial charge in [0.25, 0.3) is 0 Å². The van der Waals surface area contributed by atoms with Crippen LogP contribution in [0.2, 0.25) is 0 Å². The van der Waals surface area contributed by atoms with Crippen molar-refractivity contribution < 1.29 is 4.52 Å². The molecule has 1 N–H and O–H groups in total. The summed E-state index contributed by atoms with van der Waals surface area (Å²) in [4.78, 5) is 9.57. The Morgan fingerprint density at radius 1 is 1.29 bits per heavy atom. The maximum atomic E-state index is 5.38. The molecule has 3 heterocycles. The molecule has 6 nitrogen and oxygen atoms in total. The zero-order chi connectivity index (χ0) is 14.7. The molecule has 21 heavy (non-hydrogen) atoms. The summed E-state index contributed by atoms with van der Waals surface area (Å²) < 4.78 is 5.38. The zero-order valence-corrected chi connectivity index (χ0v) is 13.2. The minimum atomic E-state index is 0.569. The molecule has 2 aliphatic rings. The first-order chi connectivity index (χ1) is 10.2. The van der Waals surface area contributed by atoms with Gasteiger partial charge < -0.3 is 9.84 Å². The molecule has 1 unspecified atom stereocenters. The zero-order valence-electron chi connectivity index (χ0n) is 13.2. The average molecular weight is 293 g/mol. The second-order valence-corrected chi connectivity index (χ2v) is 6.67. The van der Waals surface area contributed by atoms with E-state index in [1.807, 2.05) is 0 Å². The van der Waals surface area contributed by atoms with Gasteiger partial charge in [-0.3, -0.25) is 9.80 Å². The second-order valence-electron chi connectivity index (χ2n) is 6.67. The van der Waals surface area contributed by atoms with E-state index in [1.54, 1.807) is 0 Å². The summed E-state index contributed by atoms with van der Waals surface area (Å²) in [5, 5.41) is 7.49. The smallest absolute Gasteiger partial charge is 0.240 e. The summed E-state index contributed by atoms with van der Waals surface area (Å²) >= 11 is 0. The molecular weight excluding hydrogens is 266 g/mol. The van der Waals surface area contributed by atoms with Crippen LogP contribution in [0.3, 0.4) is 0 Å². The summed E-state index contributed by atoms with van der Waals surface area (Å²) in [6.07, 6.45) is 2.15. The summed E-state index contributed by atoms with van der Waals surface area (Å²) in [6, 6.07) is 0.699. The van der Waals surface area contributed by atoms with E-state index in [1.165, 1.54) is 19.5 Å². The molecule has 0 aliphatic carbocycles. The van der Waals surface area contributed by atoms with E-state index in [4.69, 9.17) is 4.52 Å². The molecule has 0 amide bonds. The van der Waals surface area contributed by atoms with Gasteiger partial charge in [0.1, 0.15) is 0 Å². The maximum absolute atomic E-state index is 5.38. The Balaban J connectivity index is 1.48. The lowest BCUT2D eigenvalue weighted by molar-refractivity contribution is 0.167. The normalized spacial score (nSPS) is 25.0. The van der Waals surface area contributed by atoms with Crippen LogP contribution < -0.4 is 5.32 Å². The molecule has 1 aromatic rings. The van der Waals surface area contributed by atoms with Crippen LogP contribution in [-0.2, 0) is 13.0 Å². The van der Waals surface area contributed by atoms with E-state index >= 15 is 0 Å². The SMILES string of the molecule is CC(C)Cc1noc(CN2CCC(N3CCNCC3)C2)n1. The lowest BCUT2D eigenvalue weighted by atomic mass is 10.1. The number of rotatable bonds is 5. The van der Waals surface area contributed by atoms with Crippen LogP contribution >= 0.6 is 0 Å². The first-order valence-corrected chi connectivity index (χ1v) is 8.19. The highest BCUT2D eigenvalue weighted by Gasteiger charge is 2.29. The Morgan fingerprint density at radius 2 is 2.10 bits per heavy atom. The van der Waals surface area contributed by atoms with Gasteiger partial charge in [0, 0.05) is 51.7 Å². The number of piperazine rings is 1. The maximum Gasteiger partial charge on any atom is 0.240 e. The largest absolute Gasteiger partial charge is 0.338 e. The molecule has 3 rings (SSSR count). The van der Waals surface area contributed by atoms with Crippen molar-refractivity contribution in [3.05, 3.63) is 11.7 Å². The van der Waals surface area contributed by atoms with E-state index in [9.17, 15) is 0 Å². The van der Waals surface area contributed by atoms with E-state index in [2.05, 4.69) is 39.1 Å². The van der Waals surface area contributed by atoms with Crippen LogP contribution in [0.15, 0.2) is 4.52 Å². The molecule has 1 atom stereocenters. The number of nitrogens with zero attached hydrogens (tertiary/aromatic N) is 4. The third-order valence-electron chi connectivity index (χ3n) is 4.38. The first kappa shape index (κ1) is 14.9. The molecule has 0 saturated carbocycles. The molecular formula is C15H27N5O. The quantitative estimate of drug-likeness (QED) is 0.864. The van der Waals surface area contributed by atoms with Crippen molar-refractivity contribution in [3.63, 3.8) is 0 Å². The molecule has 2 fully saturated rings. The summed E-state index contributed by atoms with van der Waals surface area (Å²) in [5.74, 6) is 2.18. The predicted octanol–water partition coefficient (Wildman–Crippen LogP) is 0.748. The lowest BCUT2D eigenvalue weighted by Gasteiger charge is -2.32. The molecule has 0 aromatic carbocycles. The Bertz CT molecular complexity index is 441. The molecule has 0 radical (unpaired) electrons. The van der Waals surface area contributed by atoms with Gasteiger partial charge in [-0.1, -0.05) is 19.0 Å². The fourth-order valence-electron chi connectivity index (χ4n) is 3.29. The van der Waals surface area contributed by atoms with E-state index < -0.39 is 0 Å². The van der Waals surface area contributed by atoms with Crippen molar-refractivity contribution in [3.8, 4) is 0 Å². The lowest BCUT2D eigenvalue weighted by Crippen LogP contribution is -2.49. The highest BCUT2D eigenvalue weighted by molar-refractivity contribution is 4.91. The van der Waals surface area contributed by atoms with Crippen LogP contribution in [0.25, 0.3) is 0 Å². The van der Waals surface area contributed by atoms with Gasteiger partial charge in [-0.25, -0.2) is 0 Å². The topological polar surface area (TPSA) is 57.4 Å². The Labute approximate surface area is 126 Å². The minimum Gasteiger partial charge on any atom is -0.338 e. The summed E-state index contributed by atoms with van der Waals surface area (Å²) in [7, 11) is 0. The minimum absolute atomic E-state index is 0.569. The monoisotopic (exact) mass is 293 g/mol. The van der Waals surface area contributed by atoms with Gasteiger partial charge in [-0.2, -0.15) is 4.98 Å². The highest BCUT2D eigenvalue weighted by atomic mass is 16.5. The van der Waals surface area contributed by atoms with E-state index in [0.29, 0.717) is 12.0 Å². The van der Waals surface area contributed by atoms with Crippen molar-refractivity contribution in [2.24, 2.45) is 5.92 Å². The highest BCUT2D eigenvalue weighted by Crippen LogP contribution is 2.18. The Hall–Kier alpha value is -0.980. The molecule has 2 aliphatic heterocycles. The van der Waals surface area contributed by atoms with E-state index in [-0.39, 0.29) is 0 Å². The molecule has 0 spiro atoms. The van der Waals surface area contributed by atoms with Crippen LogP contribution in [0.4, 0.5) is 0 Å². The first-order valence-electron chi connectivity index (χ1n) is 8.19. The van der Waals surface area contributed by atoms with Gasteiger partial charge in [0.15, 0.2) is 5.82 Å². The number of likely N-dealkylation sites (tertiary alicyclic amines) is 1. The third kappa shape index (κ3) is 4.02. The number of hydrogen-bond donors (Lipinski definition) is 1. The fourth-order valence-corrected chi connectivity index (χ4v) is 3.29. The molecule has 118 valence electrons. The standard InChI is InChI=1S/C15H27N5O/c1-12(2)9-14-17-15(21-18-14)11-19-6-3-13(10-19)20-7-4-16-5-8-20/h12-13,16H,3-11H2,1-2H3. The number of nitrogens with one attached hydrogen (secondary N) is 1. The van der Waals surface area contributed by atoms with Crippen LogP contribution in [0.1, 0.15) is 32.0 Å². The van der Waals surface area contributed by atoms with Gasteiger partial charge in [0.05, 0.1) is 6.54 Å². The van der Waals surface area contributed by atoms with Crippen molar-refractivity contribution in [1.29, 1.82) is 0 Å². The Kier molecular flexibility index (Phi) is 4.87. The van der Waals surface area contributed by atoms with Gasteiger partial charge in [0.2, 0.25) is 5.89 Å². The predicted molar refractivity (Wildman–Crippen MR) is 81.0 cm³/mol. The van der Waals surface area contributed by atoms with Crippen LogP contribution in [0.5, 0.6) is 0 Å². The van der Waals surface area contributed by atoms with Crippen LogP contribution in [-0.4, -0.2) is 65.3 Å². The van der Waals surface area contributed by atoms with Crippen molar-refractivity contribution in [2.45, 2.75) is 39.3 Å². The molecule has 2 saturated heterocycles. The van der Waals surface area contributed by atoms with Crippen molar-refractivity contribution >= 4 is 0 Å². The number of aromatic nitrogens is 2. The molecule has 0 bridgehead atoms. The van der Waals surface area contributed by atoms with Crippen molar-refractivity contribution in [1.82, 2.24) is 25.3 Å². The molecule has 1 aromatic heterocycles.